The summed E-state index contributed by atoms with van der Waals surface area (Å²) in [5, 5.41) is 14.6. The van der Waals surface area contributed by atoms with Crippen molar-refractivity contribution in [1.29, 1.82) is 0 Å². The summed E-state index contributed by atoms with van der Waals surface area (Å²) in [5.41, 5.74) is 2.99. The van der Waals surface area contributed by atoms with Crippen LogP contribution in [0.15, 0.2) is 23.0 Å². The van der Waals surface area contributed by atoms with Gasteiger partial charge in [0, 0.05) is 29.4 Å². The second-order valence-electron chi connectivity index (χ2n) is 7.51. The molecule has 1 aliphatic heterocycles. The fourth-order valence-corrected chi connectivity index (χ4v) is 4.03. The Hall–Kier alpha value is -2.94. The summed E-state index contributed by atoms with van der Waals surface area (Å²) in [7, 11) is 0. The Balaban J connectivity index is 1.56. The first-order chi connectivity index (χ1) is 14.3. The van der Waals surface area contributed by atoms with E-state index in [4.69, 9.17) is 11.6 Å². The number of nitrogens with one attached hydrogen (secondary N) is 2. The van der Waals surface area contributed by atoms with Crippen molar-refractivity contribution in [3.63, 3.8) is 0 Å². The van der Waals surface area contributed by atoms with Gasteiger partial charge >= 0.3 is 5.69 Å². The van der Waals surface area contributed by atoms with Gasteiger partial charge in [-0.3, -0.25) is 14.5 Å². The molecule has 1 amide bonds. The van der Waals surface area contributed by atoms with Crippen LogP contribution >= 0.6 is 11.6 Å². The van der Waals surface area contributed by atoms with Crippen LogP contribution in [0.3, 0.4) is 0 Å². The highest BCUT2D eigenvalue weighted by Gasteiger charge is 2.31. The Kier molecular flexibility index (Phi) is 5.46. The highest BCUT2D eigenvalue weighted by molar-refractivity contribution is 6.31. The number of H-pyrrole nitrogens is 1. The van der Waals surface area contributed by atoms with Gasteiger partial charge in [-0.1, -0.05) is 17.7 Å². The normalized spacial score (nSPS) is 15.8. The van der Waals surface area contributed by atoms with Crippen molar-refractivity contribution in [1.82, 2.24) is 29.9 Å². The van der Waals surface area contributed by atoms with Crippen molar-refractivity contribution >= 4 is 17.5 Å². The van der Waals surface area contributed by atoms with Crippen LogP contribution in [0.5, 0.6) is 0 Å². The maximum absolute atomic E-state index is 13.3. The van der Waals surface area contributed by atoms with Crippen LogP contribution in [0.1, 0.15) is 47.1 Å². The molecule has 3 heterocycles. The standard InChI is InChI=1S/C20H22ClFN6O2/c1-11-16(12(2)25-24-11)9-23-19(29)15-4-3-7-27-18(15)26-28(20(27)30)10-13-5-6-14(22)8-17(13)21/h5-6,8,15H,3-4,7,9-10H2,1-2H3,(H,23,29)(H,24,25). The molecule has 0 radical (unpaired) electrons. The summed E-state index contributed by atoms with van der Waals surface area (Å²) < 4.78 is 16.1. The van der Waals surface area contributed by atoms with Crippen LogP contribution in [0, 0.1) is 19.7 Å². The lowest BCUT2D eigenvalue weighted by molar-refractivity contribution is -0.123. The molecule has 0 spiro atoms. The van der Waals surface area contributed by atoms with Gasteiger partial charge in [0.15, 0.2) is 0 Å². The Morgan fingerprint density at radius 3 is 2.90 bits per heavy atom. The van der Waals surface area contributed by atoms with Crippen molar-refractivity contribution in [2.75, 3.05) is 0 Å². The van der Waals surface area contributed by atoms with E-state index in [0.717, 1.165) is 17.0 Å². The minimum atomic E-state index is -0.510. The van der Waals surface area contributed by atoms with Gasteiger partial charge in [-0.15, -0.1) is 0 Å². The molecule has 1 aromatic carbocycles. The first kappa shape index (κ1) is 20.3. The van der Waals surface area contributed by atoms with Gasteiger partial charge < -0.3 is 5.32 Å². The highest BCUT2D eigenvalue weighted by Crippen LogP contribution is 2.25. The smallest absolute Gasteiger partial charge is 0.346 e. The quantitative estimate of drug-likeness (QED) is 0.647. The number of amides is 1. The molecular weight excluding hydrogens is 411 g/mol. The molecule has 0 saturated carbocycles. The van der Waals surface area contributed by atoms with Gasteiger partial charge in [-0.25, -0.2) is 13.9 Å². The largest absolute Gasteiger partial charge is 0.351 e. The van der Waals surface area contributed by atoms with Crippen molar-refractivity contribution in [2.45, 2.75) is 52.2 Å². The minimum Gasteiger partial charge on any atom is -0.351 e. The Morgan fingerprint density at radius 1 is 1.40 bits per heavy atom. The van der Waals surface area contributed by atoms with E-state index in [1.54, 1.807) is 4.57 Å². The molecule has 1 aliphatic rings. The molecule has 1 unspecified atom stereocenters. The number of rotatable bonds is 5. The maximum Gasteiger partial charge on any atom is 0.346 e. The van der Waals surface area contributed by atoms with E-state index in [9.17, 15) is 14.0 Å². The third-order valence-corrected chi connectivity index (χ3v) is 5.86. The number of aromatic amines is 1. The summed E-state index contributed by atoms with van der Waals surface area (Å²) in [6.07, 6.45) is 1.32. The van der Waals surface area contributed by atoms with Crippen LogP contribution in [-0.2, 0) is 24.4 Å². The molecule has 2 N–H and O–H groups in total. The lowest BCUT2D eigenvalue weighted by atomic mass is 9.98. The first-order valence-electron chi connectivity index (χ1n) is 9.74. The van der Waals surface area contributed by atoms with Crippen LogP contribution < -0.4 is 11.0 Å². The van der Waals surface area contributed by atoms with Gasteiger partial charge in [0.25, 0.3) is 0 Å². The highest BCUT2D eigenvalue weighted by atomic mass is 35.5. The molecule has 8 nitrogen and oxygen atoms in total. The number of carbonyl (C=O) groups is 1. The lowest BCUT2D eigenvalue weighted by Gasteiger charge is -2.21. The average molecular weight is 433 g/mol. The molecule has 10 heteroatoms. The van der Waals surface area contributed by atoms with E-state index >= 15 is 0 Å². The number of aryl methyl sites for hydroxylation is 2. The molecule has 158 valence electrons. The van der Waals surface area contributed by atoms with Crippen molar-refractivity contribution in [3.8, 4) is 0 Å². The first-order valence-corrected chi connectivity index (χ1v) is 10.1. The zero-order valence-corrected chi connectivity index (χ0v) is 17.5. The van der Waals surface area contributed by atoms with Gasteiger partial charge in [0.2, 0.25) is 5.91 Å². The van der Waals surface area contributed by atoms with E-state index in [-0.39, 0.29) is 23.2 Å². The van der Waals surface area contributed by atoms with Crippen molar-refractivity contribution < 1.29 is 9.18 Å². The third-order valence-electron chi connectivity index (χ3n) is 5.51. The molecule has 30 heavy (non-hydrogen) atoms. The van der Waals surface area contributed by atoms with Crippen LogP contribution in [0.25, 0.3) is 0 Å². The maximum atomic E-state index is 13.3. The van der Waals surface area contributed by atoms with E-state index in [0.29, 0.717) is 37.3 Å². The number of halogens is 2. The van der Waals surface area contributed by atoms with Crippen LogP contribution in [-0.4, -0.2) is 30.5 Å². The van der Waals surface area contributed by atoms with E-state index < -0.39 is 11.7 Å². The topological polar surface area (TPSA) is 97.6 Å². The van der Waals surface area contributed by atoms with Gasteiger partial charge in [-0.05, 0) is 44.4 Å². The number of fused-ring (bicyclic) bond motifs is 1. The number of hydrogen-bond acceptors (Lipinski definition) is 4. The fourth-order valence-electron chi connectivity index (χ4n) is 3.80. The van der Waals surface area contributed by atoms with E-state index in [1.807, 2.05) is 13.8 Å². The Bertz CT molecular complexity index is 1150. The fraction of sp³-hybridized carbons (Fsp3) is 0.400. The van der Waals surface area contributed by atoms with Gasteiger partial charge in [0.1, 0.15) is 11.6 Å². The number of hydrogen-bond donors (Lipinski definition) is 2. The van der Waals surface area contributed by atoms with Gasteiger partial charge in [0.05, 0.1) is 18.2 Å². The summed E-state index contributed by atoms with van der Waals surface area (Å²) in [6.45, 7) is 4.77. The van der Waals surface area contributed by atoms with Crippen LogP contribution in [0.4, 0.5) is 4.39 Å². The van der Waals surface area contributed by atoms with E-state index in [2.05, 4.69) is 20.6 Å². The summed E-state index contributed by atoms with van der Waals surface area (Å²) in [5.74, 6) is -0.681. The zero-order chi connectivity index (χ0) is 21.4. The predicted octanol–water partition coefficient (Wildman–Crippen LogP) is 2.42. The average Bonchev–Trinajstić information content (AvgIpc) is 3.21. The van der Waals surface area contributed by atoms with Crippen LogP contribution in [0.2, 0.25) is 5.02 Å². The molecule has 0 fully saturated rings. The molecule has 0 aliphatic carbocycles. The van der Waals surface area contributed by atoms with E-state index in [1.165, 1.54) is 22.9 Å². The number of carbonyl (C=O) groups excluding carboxylic acids is 1. The van der Waals surface area contributed by atoms with Gasteiger partial charge in [-0.2, -0.15) is 10.2 Å². The Labute approximate surface area is 177 Å². The SMILES string of the molecule is Cc1n[nH]c(C)c1CNC(=O)C1CCCn2c1nn(Cc1ccc(F)cc1Cl)c2=O. The predicted molar refractivity (Wildman–Crippen MR) is 109 cm³/mol. The van der Waals surface area contributed by atoms with Crippen molar-refractivity contribution in [3.05, 3.63) is 67.9 Å². The lowest BCUT2D eigenvalue weighted by Crippen LogP contribution is -2.35. The summed E-state index contributed by atoms with van der Waals surface area (Å²) >= 11 is 6.09. The van der Waals surface area contributed by atoms with Crippen molar-refractivity contribution in [2.24, 2.45) is 0 Å². The Morgan fingerprint density at radius 2 is 2.20 bits per heavy atom. The second-order valence-corrected chi connectivity index (χ2v) is 7.92. The molecule has 0 bridgehead atoms. The molecule has 3 aromatic rings. The summed E-state index contributed by atoms with van der Waals surface area (Å²) in [4.78, 5) is 25.7. The molecular formula is C20H22ClFN6O2. The number of aromatic nitrogens is 5. The molecule has 0 saturated heterocycles. The molecule has 4 rings (SSSR count). The zero-order valence-electron chi connectivity index (χ0n) is 16.7. The number of nitrogens with zero attached hydrogens (tertiary/aromatic N) is 4. The number of benzene rings is 1. The molecule has 2 aromatic heterocycles. The third kappa shape index (κ3) is 3.77. The second kappa shape index (κ2) is 8.06. The monoisotopic (exact) mass is 432 g/mol. The summed E-state index contributed by atoms with van der Waals surface area (Å²) in [6, 6.07) is 4.02. The molecule has 1 atom stereocenters. The minimum absolute atomic E-state index is 0.111.